The van der Waals surface area contributed by atoms with Crippen LogP contribution >= 0.6 is 0 Å². The lowest BCUT2D eigenvalue weighted by Crippen LogP contribution is -2.23. The van der Waals surface area contributed by atoms with Gasteiger partial charge in [-0.25, -0.2) is 0 Å². The molecule has 0 fully saturated rings. The Morgan fingerprint density at radius 2 is 2.17 bits per heavy atom. The number of anilines is 1. The molecule has 1 N–H and O–H groups in total. The van der Waals surface area contributed by atoms with Crippen LogP contribution in [0.15, 0.2) is 24.3 Å². The number of nitrogens with zero attached hydrogens (tertiary/aromatic N) is 1. The van der Waals surface area contributed by atoms with Gasteiger partial charge in [0.25, 0.3) is 0 Å². The molecule has 0 aromatic heterocycles. The maximum absolute atomic E-state index is 9.00. The van der Waals surface area contributed by atoms with Crippen molar-refractivity contribution in [3.05, 3.63) is 29.8 Å². The molecule has 0 aliphatic rings. The van der Waals surface area contributed by atoms with Gasteiger partial charge in [-0.15, -0.1) is 0 Å². The van der Waals surface area contributed by atoms with Crippen LogP contribution in [0, 0.1) is 6.92 Å². The molecule has 0 radical (unpaired) electrons. The maximum Gasteiger partial charge on any atom is 0.115 e. The SMILES string of the molecule is CCN(CO)c1cccc(C)c1. The average Bonchev–Trinajstić information content (AvgIpc) is 2.07. The molecule has 0 bridgehead atoms. The largest absolute Gasteiger partial charge is 0.376 e. The highest BCUT2D eigenvalue weighted by Gasteiger charge is 2.00. The van der Waals surface area contributed by atoms with E-state index in [2.05, 4.69) is 19.1 Å². The summed E-state index contributed by atoms with van der Waals surface area (Å²) >= 11 is 0. The summed E-state index contributed by atoms with van der Waals surface area (Å²) in [6.07, 6.45) is 0. The molecule has 0 saturated heterocycles. The smallest absolute Gasteiger partial charge is 0.115 e. The van der Waals surface area contributed by atoms with E-state index in [9.17, 15) is 0 Å². The summed E-state index contributed by atoms with van der Waals surface area (Å²) in [5, 5.41) is 9.00. The number of aliphatic hydroxyl groups is 1. The van der Waals surface area contributed by atoms with Gasteiger partial charge >= 0.3 is 0 Å². The number of hydrogen-bond donors (Lipinski definition) is 1. The van der Waals surface area contributed by atoms with Crippen molar-refractivity contribution < 1.29 is 5.11 Å². The van der Waals surface area contributed by atoms with Crippen LogP contribution in [0.25, 0.3) is 0 Å². The van der Waals surface area contributed by atoms with E-state index in [-0.39, 0.29) is 6.73 Å². The van der Waals surface area contributed by atoms with Gasteiger partial charge in [0.2, 0.25) is 0 Å². The van der Waals surface area contributed by atoms with Crippen molar-refractivity contribution in [3.8, 4) is 0 Å². The average molecular weight is 165 g/mol. The van der Waals surface area contributed by atoms with Crippen molar-refractivity contribution in [1.29, 1.82) is 0 Å². The minimum atomic E-state index is 0.0833. The van der Waals surface area contributed by atoms with Crippen LogP contribution in [0.1, 0.15) is 12.5 Å². The first-order valence-electron chi connectivity index (χ1n) is 4.20. The van der Waals surface area contributed by atoms with Gasteiger partial charge in [-0.1, -0.05) is 12.1 Å². The van der Waals surface area contributed by atoms with Crippen LogP contribution in [0.4, 0.5) is 5.69 Å². The standard InChI is InChI=1S/C10H15NO/c1-3-11(8-12)10-6-4-5-9(2)7-10/h4-7,12H,3,8H2,1-2H3. The Morgan fingerprint density at radius 3 is 2.67 bits per heavy atom. The fourth-order valence-electron chi connectivity index (χ4n) is 1.19. The van der Waals surface area contributed by atoms with Gasteiger partial charge in [0, 0.05) is 12.2 Å². The molecule has 1 aromatic rings. The first-order valence-corrected chi connectivity index (χ1v) is 4.20. The third kappa shape index (κ3) is 1.98. The van der Waals surface area contributed by atoms with Gasteiger partial charge < -0.3 is 10.0 Å². The van der Waals surface area contributed by atoms with Crippen LogP contribution in [0.3, 0.4) is 0 Å². The molecule has 1 rings (SSSR count). The van der Waals surface area contributed by atoms with E-state index in [0.29, 0.717) is 0 Å². The molecule has 1 aromatic carbocycles. The van der Waals surface area contributed by atoms with Crippen molar-refractivity contribution in [3.63, 3.8) is 0 Å². The molecule has 0 heterocycles. The van der Waals surface area contributed by atoms with E-state index in [1.165, 1.54) is 5.56 Å². The zero-order valence-corrected chi connectivity index (χ0v) is 7.62. The van der Waals surface area contributed by atoms with Gasteiger partial charge in [0.05, 0.1) is 0 Å². The summed E-state index contributed by atoms with van der Waals surface area (Å²) in [5.41, 5.74) is 2.31. The predicted octanol–water partition coefficient (Wildman–Crippen LogP) is 1.77. The van der Waals surface area contributed by atoms with Crippen LogP contribution in [0.5, 0.6) is 0 Å². The summed E-state index contributed by atoms with van der Waals surface area (Å²) in [5.74, 6) is 0. The molecule has 0 aliphatic carbocycles. The predicted molar refractivity (Wildman–Crippen MR) is 51.3 cm³/mol. The summed E-state index contributed by atoms with van der Waals surface area (Å²) in [6.45, 7) is 4.99. The monoisotopic (exact) mass is 165 g/mol. The quantitative estimate of drug-likeness (QED) is 0.690. The van der Waals surface area contributed by atoms with E-state index in [1.54, 1.807) is 0 Å². The van der Waals surface area contributed by atoms with Crippen molar-refractivity contribution in [2.75, 3.05) is 18.2 Å². The molecule has 0 unspecified atom stereocenters. The molecule has 0 aliphatic heterocycles. The van der Waals surface area contributed by atoms with E-state index >= 15 is 0 Å². The molecule has 0 atom stereocenters. The zero-order valence-electron chi connectivity index (χ0n) is 7.62. The van der Waals surface area contributed by atoms with E-state index in [0.717, 1.165) is 12.2 Å². The zero-order chi connectivity index (χ0) is 8.97. The summed E-state index contributed by atoms with van der Waals surface area (Å²) in [4.78, 5) is 1.91. The molecule has 0 amide bonds. The van der Waals surface area contributed by atoms with Crippen molar-refractivity contribution in [1.82, 2.24) is 0 Å². The molecular weight excluding hydrogens is 150 g/mol. The van der Waals surface area contributed by atoms with Crippen LogP contribution < -0.4 is 4.90 Å². The fraction of sp³-hybridized carbons (Fsp3) is 0.400. The maximum atomic E-state index is 9.00. The van der Waals surface area contributed by atoms with Gasteiger partial charge in [-0.3, -0.25) is 0 Å². The number of aryl methyl sites for hydroxylation is 1. The minimum absolute atomic E-state index is 0.0833. The second kappa shape index (κ2) is 4.12. The summed E-state index contributed by atoms with van der Waals surface area (Å²) in [6, 6.07) is 8.13. The lowest BCUT2D eigenvalue weighted by molar-refractivity contribution is 0.293. The lowest BCUT2D eigenvalue weighted by atomic mass is 10.2. The Bertz CT molecular complexity index is 243. The lowest BCUT2D eigenvalue weighted by Gasteiger charge is -2.19. The molecule has 2 nitrogen and oxygen atoms in total. The fourth-order valence-corrected chi connectivity index (χ4v) is 1.19. The summed E-state index contributed by atoms with van der Waals surface area (Å²) in [7, 11) is 0. The highest BCUT2D eigenvalue weighted by Crippen LogP contribution is 2.14. The molecule has 2 heteroatoms. The normalized spacial score (nSPS) is 9.92. The number of hydrogen-bond acceptors (Lipinski definition) is 2. The Kier molecular flexibility index (Phi) is 3.11. The van der Waals surface area contributed by atoms with Crippen LogP contribution in [-0.2, 0) is 0 Å². The first-order chi connectivity index (χ1) is 5.77. The number of aliphatic hydroxyl groups excluding tert-OH is 1. The Morgan fingerprint density at radius 1 is 1.42 bits per heavy atom. The second-order valence-corrected chi connectivity index (χ2v) is 2.84. The van der Waals surface area contributed by atoms with Crippen molar-refractivity contribution in [2.24, 2.45) is 0 Å². The molecule has 66 valence electrons. The van der Waals surface area contributed by atoms with Gasteiger partial charge in [0.1, 0.15) is 6.73 Å². The van der Waals surface area contributed by atoms with E-state index in [4.69, 9.17) is 5.11 Å². The highest BCUT2D eigenvalue weighted by atomic mass is 16.3. The Hall–Kier alpha value is -1.02. The number of benzene rings is 1. The van der Waals surface area contributed by atoms with E-state index < -0.39 is 0 Å². The van der Waals surface area contributed by atoms with Gasteiger partial charge in [-0.2, -0.15) is 0 Å². The Balaban J connectivity index is 2.85. The van der Waals surface area contributed by atoms with Crippen molar-refractivity contribution >= 4 is 5.69 Å². The molecule has 0 spiro atoms. The van der Waals surface area contributed by atoms with Gasteiger partial charge in [0.15, 0.2) is 0 Å². The van der Waals surface area contributed by atoms with E-state index in [1.807, 2.05) is 24.0 Å². The highest BCUT2D eigenvalue weighted by molar-refractivity contribution is 5.47. The Labute approximate surface area is 73.4 Å². The summed E-state index contributed by atoms with van der Waals surface area (Å²) < 4.78 is 0. The van der Waals surface area contributed by atoms with Crippen molar-refractivity contribution in [2.45, 2.75) is 13.8 Å². The first kappa shape index (κ1) is 9.07. The second-order valence-electron chi connectivity index (χ2n) is 2.84. The topological polar surface area (TPSA) is 23.5 Å². The van der Waals surface area contributed by atoms with Gasteiger partial charge in [-0.05, 0) is 31.5 Å². The number of rotatable bonds is 3. The minimum Gasteiger partial charge on any atom is -0.376 e. The molecule has 12 heavy (non-hydrogen) atoms. The molecule has 0 saturated carbocycles. The third-order valence-corrected chi connectivity index (χ3v) is 1.92. The third-order valence-electron chi connectivity index (χ3n) is 1.92. The van der Waals surface area contributed by atoms with Crippen LogP contribution in [-0.4, -0.2) is 18.4 Å². The van der Waals surface area contributed by atoms with Crippen LogP contribution in [0.2, 0.25) is 0 Å². The molecular formula is C10H15NO.